The summed E-state index contributed by atoms with van der Waals surface area (Å²) in [5, 5.41) is 0. The molecule has 0 radical (unpaired) electrons. The second kappa shape index (κ2) is 11.2. The van der Waals surface area contributed by atoms with Gasteiger partial charge in [-0.15, -0.1) is 0 Å². The van der Waals surface area contributed by atoms with Crippen LogP contribution in [0.3, 0.4) is 0 Å². The molecule has 1 aromatic heterocycles. The Morgan fingerprint density at radius 2 is 1.79 bits per heavy atom. The number of hydrogen-bond donors (Lipinski definition) is 0. The van der Waals surface area contributed by atoms with Crippen molar-refractivity contribution < 1.29 is 9.13 Å². The Morgan fingerprint density at radius 1 is 0.974 bits per heavy atom. The highest BCUT2D eigenvalue weighted by Gasteiger charge is 2.44. The van der Waals surface area contributed by atoms with E-state index in [-0.39, 0.29) is 5.82 Å². The zero-order chi connectivity index (χ0) is 26.8. The fourth-order valence-corrected chi connectivity index (χ4v) is 7.15. The highest BCUT2D eigenvalue weighted by molar-refractivity contribution is 5.74. The molecule has 1 spiro atoms. The van der Waals surface area contributed by atoms with E-state index in [9.17, 15) is 4.39 Å². The van der Waals surface area contributed by atoms with Crippen molar-refractivity contribution >= 4 is 5.82 Å². The molecule has 0 bridgehead atoms. The highest BCUT2D eigenvalue weighted by atomic mass is 19.1. The molecule has 2 saturated heterocycles. The van der Waals surface area contributed by atoms with Crippen molar-refractivity contribution in [2.24, 2.45) is 11.3 Å². The quantitative estimate of drug-likeness (QED) is 0.315. The summed E-state index contributed by atoms with van der Waals surface area (Å²) in [7, 11) is 0. The standard InChI is InChI=1S/C33H41FN4O/c1-24(2)27-10-6-7-11-28(27)29-18-26(34)12-13-30(29)39-31-19-35-23-36-32(31)38-17-15-33(22-38)14-16-37(21-33)20-25-8-4-3-5-9-25/h6-7,10-13,18-19,23-25H,3-5,8-9,14-17,20-22H2,1-2H3. The lowest BCUT2D eigenvalue weighted by Crippen LogP contribution is -2.33. The third kappa shape index (κ3) is 5.67. The Bertz CT molecular complexity index is 1290. The van der Waals surface area contributed by atoms with Gasteiger partial charge in [0.1, 0.15) is 17.9 Å². The van der Waals surface area contributed by atoms with E-state index in [1.54, 1.807) is 24.7 Å². The van der Waals surface area contributed by atoms with E-state index in [1.165, 1.54) is 70.6 Å². The molecular weight excluding hydrogens is 487 g/mol. The Hall–Kier alpha value is -2.99. The lowest BCUT2D eigenvalue weighted by atomic mass is 9.86. The van der Waals surface area contributed by atoms with Crippen LogP contribution in [0.25, 0.3) is 11.1 Å². The van der Waals surface area contributed by atoms with Crippen LogP contribution in [0.4, 0.5) is 10.2 Å². The Labute approximate surface area is 232 Å². The summed E-state index contributed by atoms with van der Waals surface area (Å²) in [6, 6.07) is 12.9. The fourth-order valence-electron chi connectivity index (χ4n) is 7.15. The largest absolute Gasteiger partial charge is 0.451 e. The second-order valence-electron chi connectivity index (χ2n) is 12.4. The van der Waals surface area contributed by atoms with Gasteiger partial charge in [0.05, 0.1) is 6.20 Å². The number of nitrogens with zero attached hydrogens (tertiary/aromatic N) is 4. The SMILES string of the molecule is CC(C)c1ccccc1-c1cc(F)ccc1Oc1cncnc1N1CCC2(CCN(CC3CCCCC3)C2)C1. The summed E-state index contributed by atoms with van der Waals surface area (Å²) in [5.41, 5.74) is 3.23. The van der Waals surface area contributed by atoms with Crippen molar-refractivity contribution in [2.75, 3.05) is 37.6 Å². The molecule has 3 aromatic rings. The molecule has 1 unspecified atom stereocenters. The van der Waals surface area contributed by atoms with Crippen LogP contribution in [-0.2, 0) is 0 Å². The number of benzene rings is 2. The zero-order valence-corrected chi connectivity index (χ0v) is 23.4. The second-order valence-corrected chi connectivity index (χ2v) is 12.4. The van der Waals surface area contributed by atoms with Gasteiger partial charge in [-0.2, -0.15) is 0 Å². The lowest BCUT2D eigenvalue weighted by Gasteiger charge is -2.29. The van der Waals surface area contributed by atoms with Crippen LogP contribution in [0.1, 0.15) is 70.3 Å². The third-order valence-electron chi connectivity index (χ3n) is 9.19. The third-order valence-corrected chi connectivity index (χ3v) is 9.19. The Kier molecular flexibility index (Phi) is 7.57. The Morgan fingerprint density at radius 3 is 2.64 bits per heavy atom. The van der Waals surface area contributed by atoms with Gasteiger partial charge in [0.15, 0.2) is 11.6 Å². The van der Waals surface area contributed by atoms with Gasteiger partial charge >= 0.3 is 0 Å². The molecule has 3 fully saturated rings. The van der Waals surface area contributed by atoms with Crippen LogP contribution >= 0.6 is 0 Å². The van der Waals surface area contributed by atoms with E-state index in [0.29, 0.717) is 22.8 Å². The van der Waals surface area contributed by atoms with E-state index in [0.717, 1.165) is 41.5 Å². The normalized spacial score (nSPS) is 22.3. The fraction of sp³-hybridized carbons (Fsp3) is 0.515. The summed E-state index contributed by atoms with van der Waals surface area (Å²) >= 11 is 0. The van der Waals surface area contributed by atoms with E-state index in [4.69, 9.17) is 9.72 Å². The molecule has 6 rings (SSSR count). The van der Waals surface area contributed by atoms with Crippen LogP contribution in [0.15, 0.2) is 55.0 Å². The van der Waals surface area contributed by atoms with Gasteiger partial charge in [-0.25, -0.2) is 14.4 Å². The highest BCUT2D eigenvalue weighted by Crippen LogP contribution is 2.45. The molecule has 2 aromatic carbocycles. The van der Waals surface area contributed by atoms with E-state index >= 15 is 0 Å². The smallest absolute Gasteiger partial charge is 0.188 e. The van der Waals surface area contributed by atoms with E-state index in [1.807, 2.05) is 18.2 Å². The van der Waals surface area contributed by atoms with Gasteiger partial charge < -0.3 is 14.5 Å². The van der Waals surface area contributed by atoms with E-state index < -0.39 is 0 Å². The number of hydrogen-bond acceptors (Lipinski definition) is 5. The zero-order valence-electron chi connectivity index (χ0n) is 23.4. The maximum Gasteiger partial charge on any atom is 0.188 e. The molecule has 0 N–H and O–H groups in total. The maximum atomic E-state index is 14.5. The molecular formula is C33H41FN4O. The minimum absolute atomic E-state index is 0.277. The number of halogens is 1. The predicted molar refractivity (Wildman–Crippen MR) is 155 cm³/mol. The first kappa shape index (κ1) is 26.2. The van der Waals surface area contributed by atoms with Gasteiger partial charge in [0.2, 0.25) is 0 Å². The van der Waals surface area contributed by atoms with Crippen LogP contribution < -0.4 is 9.64 Å². The van der Waals surface area contributed by atoms with E-state index in [2.05, 4.69) is 34.7 Å². The summed E-state index contributed by atoms with van der Waals surface area (Å²) in [6.07, 6.45) is 12.8. The van der Waals surface area contributed by atoms with Gasteiger partial charge in [0, 0.05) is 37.2 Å². The van der Waals surface area contributed by atoms with Crippen molar-refractivity contribution in [3.05, 3.63) is 66.4 Å². The predicted octanol–water partition coefficient (Wildman–Crippen LogP) is 7.68. The minimum atomic E-state index is -0.277. The monoisotopic (exact) mass is 528 g/mol. The average Bonchev–Trinajstić information content (AvgIpc) is 3.56. The number of likely N-dealkylation sites (tertiary alicyclic amines) is 1. The molecule has 0 amide bonds. The minimum Gasteiger partial charge on any atom is -0.451 e. The average molecular weight is 529 g/mol. The molecule has 206 valence electrons. The van der Waals surface area contributed by atoms with Crippen molar-refractivity contribution in [1.29, 1.82) is 0 Å². The molecule has 3 heterocycles. The summed E-state index contributed by atoms with van der Waals surface area (Å²) in [4.78, 5) is 14.1. The molecule has 39 heavy (non-hydrogen) atoms. The number of rotatable bonds is 7. The summed E-state index contributed by atoms with van der Waals surface area (Å²) in [5.74, 6) is 2.99. The van der Waals surface area contributed by atoms with Crippen molar-refractivity contribution in [1.82, 2.24) is 14.9 Å². The first-order chi connectivity index (χ1) is 19.0. The maximum absolute atomic E-state index is 14.5. The lowest BCUT2D eigenvalue weighted by molar-refractivity contribution is 0.211. The van der Waals surface area contributed by atoms with Crippen LogP contribution in [0, 0.1) is 17.2 Å². The molecule has 1 atom stereocenters. The van der Waals surface area contributed by atoms with Crippen molar-refractivity contribution in [3.8, 4) is 22.6 Å². The molecule has 1 saturated carbocycles. The van der Waals surface area contributed by atoms with Gasteiger partial charge in [-0.3, -0.25) is 0 Å². The summed E-state index contributed by atoms with van der Waals surface area (Å²) < 4.78 is 21.0. The first-order valence-corrected chi connectivity index (χ1v) is 14.8. The van der Waals surface area contributed by atoms with Crippen molar-refractivity contribution in [2.45, 2.75) is 64.7 Å². The Balaban J connectivity index is 1.21. The molecule has 5 nitrogen and oxygen atoms in total. The van der Waals surface area contributed by atoms with Gasteiger partial charge in [0.25, 0.3) is 0 Å². The van der Waals surface area contributed by atoms with Crippen LogP contribution in [-0.4, -0.2) is 47.6 Å². The topological polar surface area (TPSA) is 41.5 Å². The van der Waals surface area contributed by atoms with Crippen LogP contribution in [0.5, 0.6) is 11.5 Å². The first-order valence-electron chi connectivity index (χ1n) is 14.8. The molecule has 3 aliphatic rings. The van der Waals surface area contributed by atoms with Gasteiger partial charge in [-0.1, -0.05) is 57.4 Å². The summed E-state index contributed by atoms with van der Waals surface area (Å²) in [6.45, 7) is 9.95. The van der Waals surface area contributed by atoms with Gasteiger partial charge in [-0.05, 0) is 73.4 Å². The number of anilines is 1. The van der Waals surface area contributed by atoms with Crippen molar-refractivity contribution in [3.63, 3.8) is 0 Å². The molecule has 2 aliphatic heterocycles. The number of aromatic nitrogens is 2. The number of ether oxygens (including phenoxy) is 1. The molecule has 1 aliphatic carbocycles. The molecule has 6 heteroatoms. The van der Waals surface area contributed by atoms with Crippen LogP contribution in [0.2, 0.25) is 0 Å².